The fourth-order valence-corrected chi connectivity index (χ4v) is 2.95. The third kappa shape index (κ3) is 5.79. The number of aliphatic hydroxyl groups excluding tert-OH is 1. The Morgan fingerprint density at radius 3 is 2.33 bits per heavy atom. The average molecular weight is 231 g/mol. The van der Waals surface area contributed by atoms with Gasteiger partial charge in [-0.15, -0.1) is 0 Å². The second-order valence-corrected chi connectivity index (χ2v) is 6.11. The second-order valence-electron chi connectivity index (χ2n) is 4.88. The lowest BCUT2D eigenvalue weighted by atomic mass is 9.98. The monoisotopic (exact) mass is 231 g/mol. The number of nitrogens with zero attached hydrogens (tertiary/aromatic N) is 1. The molecule has 3 heteroatoms. The van der Waals surface area contributed by atoms with Gasteiger partial charge in [-0.05, 0) is 24.7 Å². The molecule has 1 N–H and O–H groups in total. The van der Waals surface area contributed by atoms with Crippen LogP contribution < -0.4 is 0 Å². The molecule has 0 spiro atoms. The van der Waals surface area contributed by atoms with Crippen LogP contribution in [0.2, 0.25) is 0 Å². The summed E-state index contributed by atoms with van der Waals surface area (Å²) in [6.07, 6.45) is 2.42. The molecular weight excluding hydrogens is 206 g/mol. The van der Waals surface area contributed by atoms with Crippen LogP contribution in [0.25, 0.3) is 0 Å². The molecule has 90 valence electrons. The molecule has 1 aliphatic heterocycles. The van der Waals surface area contributed by atoms with E-state index in [0.717, 1.165) is 5.92 Å². The summed E-state index contributed by atoms with van der Waals surface area (Å²) in [5.41, 5.74) is 0. The Morgan fingerprint density at radius 1 is 1.13 bits per heavy atom. The van der Waals surface area contributed by atoms with Crippen molar-refractivity contribution in [2.45, 2.75) is 26.7 Å². The van der Waals surface area contributed by atoms with Gasteiger partial charge in [0.25, 0.3) is 0 Å². The van der Waals surface area contributed by atoms with Crippen molar-refractivity contribution in [2.75, 3.05) is 37.7 Å². The Kier molecular flexibility index (Phi) is 6.69. The van der Waals surface area contributed by atoms with E-state index < -0.39 is 0 Å². The van der Waals surface area contributed by atoms with Crippen molar-refractivity contribution in [3.63, 3.8) is 0 Å². The molecule has 0 bridgehead atoms. The van der Waals surface area contributed by atoms with E-state index in [1.165, 1.54) is 44.0 Å². The van der Waals surface area contributed by atoms with E-state index in [1.54, 1.807) is 0 Å². The van der Waals surface area contributed by atoms with E-state index in [4.69, 9.17) is 5.11 Å². The van der Waals surface area contributed by atoms with Gasteiger partial charge >= 0.3 is 0 Å². The normalized spacial score (nSPS) is 22.6. The van der Waals surface area contributed by atoms with Crippen LogP contribution in [0.5, 0.6) is 0 Å². The van der Waals surface area contributed by atoms with Crippen molar-refractivity contribution < 1.29 is 5.11 Å². The van der Waals surface area contributed by atoms with E-state index in [0.29, 0.717) is 12.5 Å². The molecule has 15 heavy (non-hydrogen) atoms. The predicted octanol–water partition coefficient (Wildman–Crippen LogP) is 2.08. The van der Waals surface area contributed by atoms with Crippen LogP contribution in [-0.4, -0.2) is 47.8 Å². The van der Waals surface area contributed by atoms with Crippen LogP contribution in [-0.2, 0) is 0 Å². The fraction of sp³-hybridized carbons (Fsp3) is 1.00. The molecule has 0 aromatic carbocycles. The molecule has 0 aromatic rings. The van der Waals surface area contributed by atoms with Crippen molar-refractivity contribution >= 4 is 11.8 Å². The minimum Gasteiger partial charge on any atom is -0.396 e. The second kappa shape index (κ2) is 7.53. The number of rotatable bonds is 6. The number of aliphatic hydroxyl groups is 1. The highest BCUT2D eigenvalue weighted by molar-refractivity contribution is 7.99. The summed E-state index contributed by atoms with van der Waals surface area (Å²) < 4.78 is 0. The molecule has 2 nitrogen and oxygen atoms in total. The maximum atomic E-state index is 8.96. The van der Waals surface area contributed by atoms with Crippen molar-refractivity contribution in [3.05, 3.63) is 0 Å². The lowest BCUT2D eigenvalue weighted by molar-refractivity contribution is 0.208. The standard InChI is InChI=1S/C12H25NOS/c1-11(3-4-12(2)10-14)9-13-5-7-15-8-6-13/h11-12,14H,3-10H2,1-2H3. The molecule has 2 unspecified atom stereocenters. The van der Waals surface area contributed by atoms with E-state index >= 15 is 0 Å². The van der Waals surface area contributed by atoms with E-state index in [1.807, 2.05) is 0 Å². The topological polar surface area (TPSA) is 23.5 Å². The summed E-state index contributed by atoms with van der Waals surface area (Å²) in [5, 5.41) is 8.96. The molecule has 1 rings (SSSR count). The molecule has 2 atom stereocenters. The van der Waals surface area contributed by atoms with Crippen molar-refractivity contribution in [1.82, 2.24) is 4.90 Å². The fourth-order valence-electron chi connectivity index (χ4n) is 1.98. The van der Waals surface area contributed by atoms with E-state index in [-0.39, 0.29) is 0 Å². The van der Waals surface area contributed by atoms with Crippen LogP contribution in [0.1, 0.15) is 26.7 Å². The highest BCUT2D eigenvalue weighted by Gasteiger charge is 2.14. The zero-order valence-corrected chi connectivity index (χ0v) is 10.9. The lowest BCUT2D eigenvalue weighted by Gasteiger charge is -2.29. The van der Waals surface area contributed by atoms with Crippen LogP contribution in [0.15, 0.2) is 0 Å². The average Bonchev–Trinajstić information content (AvgIpc) is 2.27. The molecule has 1 fully saturated rings. The van der Waals surface area contributed by atoms with Crippen LogP contribution in [0.3, 0.4) is 0 Å². The summed E-state index contributed by atoms with van der Waals surface area (Å²) in [5.74, 6) is 3.87. The van der Waals surface area contributed by atoms with Crippen molar-refractivity contribution in [1.29, 1.82) is 0 Å². The number of thioether (sulfide) groups is 1. The molecular formula is C12H25NOS. The maximum absolute atomic E-state index is 8.96. The van der Waals surface area contributed by atoms with Gasteiger partial charge in [-0.25, -0.2) is 0 Å². The Labute approximate surface area is 98.4 Å². The summed E-state index contributed by atoms with van der Waals surface area (Å²) in [6.45, 7) is 8.59. The van der Waals surface area contributed by atoms with Crippen LogP contribution in [0.4, 0.5) is 0 Å². The van der Waals surface area contributed by atoms with Gasteiger partial charge in [0.15, 0.2) is 0 Å². The highest BCUT2D eigenvalue weighted by atomic mass is 32.2. The van der Waals surface area contributed by atoms with Crippen LogP contribution >= 0.6 is 11.8 Å². The molecule has 0 saturated carbocycles. The molecule has 0 radical (unpaired) electrons. The molecule has 1 aliphatic rings. The first-order chi connectivity index (χ1) is 7.22. The molecule has 0 aromatic heterocycles. The molecule has 0 aliphatic carbocycles. The third-order valence-electron chi connectivity index (χ3n) is 3.14. The SMILES string of the molecule is CC(CO)CCC(C)CN1CCSCC1. The van der Waals surface area contributed by atoms with E-state index in [9.17, 15) is 0 Å². The highest BCUT2D eigenvalue weighted by Crippen LogP contribution is 2.16. The van der Waals surface area contributed by atoms with Crippen molar-refractivity contribution in [3.8, 4) is 0 Å². The summed E-state index contributed by atoms with van der Waals surface area (Å²) in [4.78, 5) is 2.59. The van der Waals surface area contributed by atoms with Gasteiger partial charge in [0, 0.05) is 37.7 Å². The Morgan fingerprint density at radius 2 is 1.73 bits per heavy atom. The first kappa shape index (κ1) is 13.3. The maximum Gasteiger partial charge on any atom is 0.0456 e. The number of hydrogen-bond acceptors (Lipinski definition) is 3. The minimum atomic E-state index is 0.340. The predicted molar refractivity (Wildman–Crippen MR) is 68.4 cm³/mol. The minimum absolute atomic E-state index is 0.340. The lowest BCUT2D eigenvalue weighted by Crippen LogP contribution is -2.35. The van der Waals surface area contributed by atoms with Gasteiger partial charge in [0.1, 0.15) is 0 Å². The molecule has 0 amide bonds. The summed E-state index contributed by atoms with van der Waals surface area (Å²) in [6, 6.07) is 0. The first-order valence-electron chi connectivity index (χ1n) is 6.13. The third-order valence-corrected chi connectivity index (χ3v) is 4.08. The van der Waals surface area contributed by atoms with Gasteiger partial charge in [0.2, 0.25) is 0 Å². The molecule has 1 heterocycles. The number of hydrogen-bond donors (Lipinski definition) is 1. The van der Waals surface area contributed by atoms with E-state index in [2.05, 4.69) is 30.5 Å². The van der Waals surface area contributed by atoms with Crippen molar-refractivity contribution in [2.24, 2.45) is 11.8 Å². The van der Waals surface area contributed by atoms with Gasteiger partial charge in [-0.2, -0.15) is 11.8 Å². The Hall–Kier alpha value is 0.270. The zero-order valence-electron chi connectivity index (χ0n) is 10.1. The van der Waals surface area contributed by atoms with Gasteiger partial charge in [-0.3, -0.25) is 0 Å². The first-order valence-corrected chi connectivity index (χ1v) is 7.28. The quantitative estimate of drug-likeness (QED) is 0.757. The zero-order chi connectivity index (χ0) is 11.1. The largest absolute Gasteiger partial charge is 0.396 e. The summed E-state index contributed by atoms with van der Waals surface area (Å²) in [7, 11) is 0. The van der Waals surface area contributed by atoms with Gasteiger partial charge < -0.3 is 10.0 Å². The summed E-state index contributed by atoms with van der Waals surface area (Å²) >= 11 is 2.07. The Bertz CT molecular complexity index is 160. The molecule has 1 saturated heterocycles. The van der Waals surface area contributed by atoms with Gasteiger partial charge in [0.05, 0.1) is 0 Å². The Balaban J connectivity index is 2.08. The van der Waals surface area contributed by atoms with Gasteiger partial charge in [-0.1, -0.05) is 13.8 Å². The smallest absolute Gasteiger partial charge is 0.0456 e. The van der Waals surface area contributed by atoms with Crippen LogP contribution in [0, 0.1) is 11.8 Å².